The summed E-state index contributed by atoms with van der Waals surface area (Å²) in [5.41, 5.74) is 1.17. The number of nitrogens with zero attached hydrogens (tertiary/aromatic N) is 2. The molecule has 4 amide bonds. The zero-order valence-electron chi connectivity index (χ0n) is 11.0. The maximum absolute atomic E-state index is 12.7. The van der Waals surface area contributed by atoms with E-state index in [0.717, 1.165) is 15.2 Å². The minimum Gasteiger partial charge on any atom is -0.290 e. The molecular formula is C15H8BrN3O3. The van der Waals surface area contributed by atoms with Crippen molar-refractivity contribution in [2.75, 3.05) is 4.90 Å². The molecule has 7 heteroatoms. The van der Waals surface area contributed by atoms with Crippen molar-refractivity contribution in [2.45, 2.75) is 6.04 Å². The summed E-state index contributed by atoms with van der Waals surface area (Å²) in [5.74, 6) is -0.836. The maximum atomic E-state index is 12.7. The summed E-state index contributed by atoms with van der Waals surface area (Å²) in [4.78, 5) is 40.8. The molecule has 0 aromatic heterocycles. The monoisotopic (exact) mass is 357 g/mol. The zero-order valence-corrected chi connectivity index (χ0v) is 12.6. The van der Waals surface area contributed by atoms with Gasteiger partial charge in [0, 0.05) is 21.6 Å². The predicted octanol–water partition coefficient (Wildman–Crippen LogP) is 2.25. The molecule has 0 spiro atoms. The fraction of sp³-hybridized carbons (Fsp3) is 0.0667. The molecule has 0 fully saturated rings. The van der Waals surface area contributed by atoms with Crippen molar-refractivity contribution in [3.05, 3.63) is 40.4 Å². The lowest BCUT2D eigenvalue weighted by Gasteiger charge is -2.26. The summed E-state index contributed by atoms with van der Waals surface area (Å²) in [6, 6.07) is 7.39. The molecule has 2 aliphatic heterocycles. The topological polar surface area (TPSA) is 78.8 Å². The van der Waals surface area contributed by atoms with E-state index in [2.05, 4.69) is 26.2 Å². The van der Waals surface area contributed by atoms with Crippen molar-refractivity contribution in [2.24, 2.45) is 4.99 Å². The molecule has 2 aromatic carbocycles. The molecule has 2 heterocycles. The van der Waals surface area contributed by atoms with Crippen LogP contribution in [0.25, 0.3) is 10.8 Å². The maximum Gasteiger partial charge on any atom is 0.347 e. The van der Waals surface area contributed by atoms with Crippen LogP contribution >= 0.6 is 15.9 Å². The van der Waals surface area contributed by atoms with Crippen molar-refractivity contribution in [3.8, 4) is 0 Å². The van der Waals surface area contributed by atoms with E-state index in [1.54, 1.807) is 18.2 Å². The van der Waals surface area contributed by atoms with E-state index in [0.29, 0.717) is 11.3 Å². The van der Waals surface area contributed by atoms with Crippen molar-refractivity contribution >= 4 is 56.4 Å². The van der Waals surface area contributed by atoms with E-state index >= 15 is 0 Å². The van der Waals surface area contributed by atoms with Gasteiger partial charge < -0.3 is 0 Å². The van der Waals surface area contributed by atoms with Crippen LogP contribution in [-0.4, -0.2) is 30.1 Å². The van der Waals surface area contributed by atoms with E-state index in [4.69, 9.17) is 0 Å². The lowest BCUT2D eigenvalue weighted by molar-refractivity contribution is -0.119. The van der Waals surface area contributed by atoms with Gasteiger partial charge in [-0.2, -0.15) is 0 Å². The fourth-order valence-electron chi connectivity index (χ4n) is 2.85. The molecule has 0 saturated heterocycles. The molecular weight excluding hydrogens is 350 g/mol. The highest BCUT2D eigenvalue weighted by Crippen LogP contribution is 2.41. The van der Waals surface area contributed by atoms with Gasteiger partial charge in [-0.05, 0) is 23.6 Å². The van der Waals surface area contributed by atoms with Crippen LogP contribution in [0.15, 0.2) is 39.8 Å². The van der Waals surface area contributed by atoms with Gasteiger partial charge in [-0.3, -0.25) is 19.8 Å². The van der Waals surface area contributed by atoms with E-state index in [1.807, 2.05) is 12.1 Å². The van der Waals surface area contributed by atoms with Crippen molar-refractivity contribution in [1.82, 2.24) is 5.32 Å². The molecule has 1 unspecified atom stereocenters. The lowest BCUT2D eigenvalue weighted by Crippen LogP contribution is -2.53. The average molecular weight is 358 g/mol. The number of carbonyl (C=O) groups excluding carboxylic acids is 3. The Balaban J connectivity index is 1.94. The smallest absolute Gasteiger partial charge is 0.290 e. The minimum atomic E-state index is -0.929. The van der Waals surface area contributed by atoms with E-state index < -0.39 is 18.0 Å². The van der Waals surface area contributed by atoms with Crippen LogP contribution in [0.4, 0.5) is 10.5 Å². The molecule has 1 atom stereocenters. The summed E-state index contributed by atoms with van der Waals surface area (Å²) >= 11 is 3.47. The van der Waals surface area contributed by atoms with Crippen LogP contribution in [0.1, 0.15) is 10.4 Å². The number of hydrogen-bond acceptors (Lipinski definition) is 3. The first kappa shape index (κ1) is 13.1. The average Bonchev–Trinajstić information content (AvgIpc) is 2.77. The highest BCUT2D eigenvalue weighted by atomic mass is 79.9. The third kappa shape index (κ3) is 1.66. The third-order valence-electron chi connectivity index (χ3n) is 3.78. The Labute approximate surface area is 132 Å². The quantitative estimate of drug-likeness (QED) is 0.849. The number of imide groups is 1. The normalized spacial score (nSPS) is 20.0. The number of nitrogens with one attached hydrogen (secondary N) is 1. The SMILES string of the molecule is O=C1N=CC(N2C(=O)c3ccc(Br)c4cccc2c34)C(=O)N1. The Kier molecular flexibility index (Phi) is 2.67. The summed E-state index contributed by atoms with van der Waals surface area (Å²) in [6.45, 7) is 0. The largest absolute Gasteiger partial charge is 0.347 e. The van der Waals surface area contributed by atoms with Gasteiger partial charge in [-0.15, -0.1) is 0 Å². The molecule has 2 aromatic rings. The van der Waals surface area contributed by atoms with Crippen molar-refractivity contribution in [3.63, 3.8) is 0 Å². The van der Waals surface area contributed by atoms with Crippen molar-refractivity contribution in [1.29, 1.82) is 0 Å². The number of benzene rings is 2. The van der Waals surface area contributed by atoms with Gasteiger partial charge in [0.1, 0.15) is 0 Å². The number of hydrogen-bond donors (Lipinski definition) is 1. The van der Waals surface area contributed by atoms with Gasteiger partial charge in [-0.1, -0.05) is 28.1 Å². The zero-order chi connectivity index (χ0) is 15.4. The summed E-state index contributed by atoms with van der Waals surface area (Å²) < 4.78 is 0.875. The molecule has 0 radical (unpaired) electrons. The van der Waals surface area contributed by atoms with Crippen LogP contribution in [0.5, 0.6) is 0 Å². The first-order valence-corrected chi connectivity index (χ1v) is 7.31. The van der Waals surface area contributed by atoms with Gasteiger partial charge in [0.05, 0.1) is 5.69 Å². The molecule has 6 nitrogen and oxygen atoms in total. The van der Waals surface area contributed by atoms with Crippen molar-refractivity contribution < 1.29 is 14.4 Å². The van der Waals surface area contributed by atoms with Crippen LogP contribution < -0.4 is 10.2 Å². The van der Waals surface area contributed by atoms with Crippen LogP contribution in [0, 0.1) is 0 Å². The third-order valence-corrected chi connectivity index (χ3v) is 4.48. The van der Waals surface area contributed by atoms with E-state index in [9.17, 15) is 14.4 Å². The molecule has 0 bridgehead atoms. The van der Waals surface area contributed by atoms with Crippen LogP contribution in [0.2, 0.25) is 0 Å². The lowest BCUT2D eigenvalue weighted by atomic mass is 10.1. The van der Waals surface area contributed by atoms with Gasteiger partial charge >= 0.3 is 6.03 Å². The second-order valence-electron chi connectivity index (χ2n) is 4.99. The summed E-state index contributed by atoms with van der Waals surface area (Å²) in [6.07, 6.45) is 1.21. The van der Waals surface area contributed by atoms with Crippen LogP contribution in [0.3, 0.4) is 0 Å². The molecule has 4 rings (SSSR count). The number of aliphatic imine (C=N–C) groups is 1. The summed E-state index contributed by atoms with van der Waals surface area (Å²) in [5, 5.41) is 3.81. The minimum absolute atomic E-state index is 0.278. The Bertz CT molecular complexity index is 906. The van der Waals surface area contributed by atoms with E-state index in [1.165, 1.54) is 11.1 Å². The second kappa shape index (κ2) is 4.48. The number of halogens is 1. The second-order valence-corrected chi connectivity index (χ2v) is 5.84. The van der Waals surface area contributed by atoms with Crippen LogP contribution in [-0.2, 0) is 4.79 Å². The van der Waals surface area contributed by atoms with Gasteiger partial charge in [0.2, 0.25) is 0 Å². The predicted molar refractivity (Wildman–Crippen MR) is 84.3 cm³/mol. The first-order chi connectivity index (χ1) is 10.6. The molecule has 1 N–H and O–H groups in total. The highest BCUT2D eigenvalue weighted by Gasteiger charge is 2.39. The standard InChI is InChI=1S/C15H8BrN3O3/c16-9-5-4-8-12-7(9)2-1-3-10(12)19(14(8)21)11-6-17-15(22)18-13(11)20/h1-6,11H,(H,18,20,22). The first-order valence-electron chi connectivity index (χ1n) is 6.52. The number of anilines is 1. The van der Waals surface area contributed by atoms with Gasteiger partial charge in [-0.25, -0.2) is 9.79 Å². The fourth-order valence-corrected chi connectivity index (χ4v) is 3.31. The Hall–Kier alpha value is -2.54. The number of urea groups is 1. The molecule has 22 heavy (non-hydrogen) atoms. The number of rotatable bonds is 1. The Morgan fingerprint density at radius 1 is 1.14 bits per heavy atom. The number of amides is 4. The Morgan fingerprint density at radius 2 is 1.95 bits per heavy atom. The molecule has 108 valence electrons. The summed E-state index contributed by atoms with van der Waals surface area (Å²) in [7, 11) is 0. The highest BCUT2D eigenvalue weighted by molar-refractivity contribution is 9.10. The number of carbonyl (C=O) groups is 3. The van der Waals surface area contributed by atoms with Gasteiger partial charge in [0.15, 0.2) is 6.04 Å². The molecule has 2 aliphatic rings. The molecule has 0 aliphatic carbocycles. The molecule has 0 saturated carbocycles. The van der Waals surface area contributed by atoms with E-state index in [-0.39, 0.29) is 5.91 Å². The Morgan fingerprint density at radius 3 is 2.73 bits per heavy atom. The van der Waals surface area contributed by atoms with Gasteiger partial charge in [0.25, 0.3) is 11.8 Å².